The van der Waals surface area contributed by atoms with Gasteiger partial charge in [0.05, 0.1) is 6.54 Å². The minimum atomic E-state index is -3.47. The number of carbonyl (C=O) groups is 1. The molecule has 1 aliphatic rings. The lowest BCUT2D eigenvalue weighted by atomic mass is 9.91. The smallest absolute Gasteiger partial charge is 0.250 e. The molecule has 1 amide bonds. The van der Waals surface area contributed by atoms with E-state index in [1.165, 1.54) is 11.3 Å². The fraction of sp³-hybridized carbons (Fsp3) is 0.368. The zero-order valence-electron chi connectivity index (χ0n) is 16.1. The van der Waals surface area contributed by atoms with E-state index in [-0.39, 0.29) is 18.4 Å². The second-order valence-corrected chi connectivity index (χ2v) is 9.45. The number of guanidine groups is 1. The zero-order valence-corrected chi connectivity index (χ0v) is 17.8. The van der Waals surface area contributed by atoms with E-state index in [2.05, 4.69) is 25.7 Å². The molecule has 1 aromatic heterocycles. The van der Waals surface area contributed by atoms with Crippen LogP contribution >= 0.6 is 11.3 Å². The summed E-state index contributed by atoms with van der Waals surface area (Å²) in [6.45, 7) is 3.72. The highest BCUT2D eigenvalue weighted by molar-refractivity contribution is 7.91. The molecule has 1 unspecified atom stereocenters. The van der Waals surface area contributed by atoms with Gasteiger partial charge >= 0.3 is 0 Å². The largest absolute Gasteiger partial charge is 0.357 e. The highest BCUT2D eigenvalue weighted by atomic mass is 32.2. The lowest BCUT2D eigenvalue weighted by molar-refractivity contribution is -0.116. The third kappa shape index (κ3) is 5.78. The van der Waals surface area contributed by atoms with Crippen LogP contribution in [0.15, 0.2) is 51.0 Å². The van der Waals surface area contributed by atoms with Gasteiger partial charge < -0.3 is 16.0 Å². The Labute approximate surface area is 174 Å². The Morgan fingerprint density at radius 1 is 1.21 bits per heavy atom. The fourth-order valence-corrected chi connectivity index (χ4v) is 5.13. The molecule has 1 aliphatic heterocycles. The van der Waals surface area contributed by atoms with Gasteiger partial charge in [0.1, 0.15) is 4.21 Å². The van der Waals surface area contributed by atoms with Gasteiger partial charge in [0.15, 0.2) is 5.96 Å². The van der Waals surface area contributed by atoms with Crippen LogP contribution in [-0.2, 0) is 14.8 Å². The molecule has 29 heavy (non-hydrogen) atoms. The van der Waals surface area contributed by atoms with E-state index in [0.29, 0.717) is 36.2 Å². The first-order valence-electron chi connectivity index (χ1n) is 9.43. The van der Waals surface area contributed by atoms with Crippen LogP contribution in [0.3, 0.4) is 0 Å². The highest BCUT2D eigenvalue weighted by Crippen LogP contribution is 2.31. The van der Waals surface area contributed by atoms with Crippen LogP contribution in [0.5, 0.6) is 0 Å². The Balaban J connectivity index is 1.56. The van der Waals surface area contributed by atoms with Crippen molar-refractivity contribution in [3.8, 4) is 0 Å². The van der Waals surface area contributed by atoms with Gasteiger partial charge in [0.2, 0.25) is 15.9 Å². The van der Waals surface area contributed by atoms with Crippen LogP contribution in [0.25, 0.3) is 0 Å². The molecular weight excluding hydrogens is 410 g/mol. The normalized spacial score (nSPS) is 16.8. The molecular formula is C19H25N5O3S2. The highest BCUT2D eigenvalue weighted by Gasteiger charge is 2.24. The van der Waals surface area contributed by atoms with E-state index in [4.69, 9.17) is 0 Å². The summed E-state index contributed by atoms with van der Waals surface area (Å²) in [5.41, 5.74) is 1.92. The predicted molar refractivity (Wildman–Crippen MR) is 116 cm³/mol. The number of nitrogens with zero attached hydrogens (tertiary/aromatic N) is 1. The van der Waals surface area contributed by atoms with E-state index < -0.39 is 10.0 Å². The van der Waals surface area contributed by atoms with Crippen molar-refractivity contribution >= 4 is 38.9 Å². The maximum atomic E-state index is 12.1. The summed E-state index contributed by atoms with van der Waals surface area (Å²) in [4.78, 5) is 16.5. The van der Waals surface area contributed by atoms with E-state index in [0.717, 1.165) is 11.3 Å². The molecule has 0 saturated carbocycles. The summed E-state index contributed by atoms with van der Waals surface area (Å²) in [5, 5.41) is 10.9. The average molecular weight is 436 g/mol. The van der Waals surface area contributed by atoms with Crippen LogP contribution in [0.2, 0.25) is 0 Å². The van der Waals surface area contributed by atoms with E-state index in [9.17, 15) is 13.2 Å². The van der Waals surface area contributed by atoms with Crippen LogP contribution in [0, 0.1) is 0 Å². The molecule has 2 heterocycles. The van der Waals surface area contributed by atoms with E-state index in [1.807, 2.05) is 31.2 Å². The molecule has 4 N–H and O–H groups in total. The predicted octanol–water partition coefficient (Wildman–Crippen LogP) is 1.71. The Morgan fingerprint density at radius 2 is 2.03 bits per heavy atom. The van der Waals surface area contributed by atoms with Gasteiger partial charge in [-0.1, -0.05) is 24.3 Å². The second kappa shape index (κ2) is 9.86. The first-order valence-corrected chi connectivity index (χ1v) is 11.8. The Bertz CT molecular complexity index is 958. The van der Waals surface area contributed by atoms with Gasteiger partial charge in [-0.05, 0) is 30.0 Å². The monoisotopic (exact) mass is 435 g/mol. The summed E-state index contributed by atoms with van der Waals surface area (Å²) in [7, 11) is -3.47. The van der Waals surface area contributed by atoms with Crippen molar-refractivity contribution in [1.29, 1.82) is 0 Å². The van der Waals surface area contributed by atoms with Crippen molar-refractivity contribution in [2.45, 2.75) is 23.5 Å². The first-order chi connectivity index (χ1) is 14.0. The number of benzene rings is 1. The molecule has 0 saturated heterocycles. The molecule has 0 fully saturated rings. The molecule has 0 aliphatic carbocycles. The maximum Gasteiger partial charge on any atom is 0.250 e. The fourth-order valence-electron chi connectivity index (χ4n) is 3.06. The number of para-hydroxylation sites is 1. The number of carbonyl (C=O) groups excluding carboxylic acids is 1. The minimum Gasteiger partial charge on any atom is -0.357 e. The lowest BCUT2D eigenvalue weighted by Gasteiger charge is -2.24. The van der Waals surface area contributed by atoms with Crippen LogP contribution in [0.4, 0.5) is 5.69 Å². The van der Waals surface area contributed by atoms with Crippen LogP contribution in [-0.4, -0.2) is 46.5 Å². The second-order valence-electron chi connectivity index (χ2n) is 6.51. The van der Waals surface area contributed by atoms with Gasteiger partial charge in [-0.25, -0.2) is 13.1 Å². The van der Waals surface area contributed by atoms with Crippen molar-refractivity contribution < 1.29 is 13.2 Å². The maximum absolute atomic E-state index is 12.1. The number of anilines is 1. The quantitative estimate of drug-likeness (QED) is 0.287. The number of hydrogen-bond donors (Lipinski definition) is 4. The Morgan fingerprint density at radius 3 is 2.79 bits per heavy atom. The van der Waals surface area contributed by atoms with E-state index >= 15 is 0 Å². The molecule has 0 bridgehead atoms. The molecule has 1 atom stereocenters. The van der Waals surface area contributed by atoms with E-state index in [1.54, 1.807) is 17.5 Å². The molecule has 2 aromatic rings. The molecule has 1 aromatic carbocycles. The third-order valence-electron chi connectivity index (χ3n) is 4.39. The van der Waals surface area contributed by atoms with Gasteiger partial charge in [-0.3, -0.25) is 9.79 Å². The molecule has 10 heteroatoms. The lowest BCUT2D eigenvalue weighted by Crippen LogP contribution is -2.41. The first kappa shape index (κ1) is 21.3. The number of amides is 1. The van der Waals surface area contributed by atoms with Gasteiger partial charge in [0, 0.05) is 37.7 Å². The molecule has 8 nitrogen and oxygen atoms in total. The average Bonchev–Trinajstić information content (AvgIpc) is 3.25. The molecule has 0 radical (unpaired) electrons. The zero-order chi connectivity index (χ0) is 20.7. The van der Waals surface area contributed by atoms with Crippen molar-refractivity contribution in [2.24, 2.45) is 4.99 Å². The van der Waals surface area contributed by atoms with Crippen LogP contribution < -0.4 is 20.7 Å². The SMILES string of the molecule is CCNC(=NCC1CC(=O)Nc2ccccc21)NCCNS(=O)(=O)c1cccs1. The van der Waals surface area contributed by atoms with Crippen LogP contribution in [0.1, 0.15) is 24.8 Å². The van der Waals surface area contributed by atoms with Gasteiger partial charge in [0.25, 0.3) is 0 Å². The van der Waals surface area contributed by atoms with Crippen molar-refractivity contribution in [3.63, 3.8) is 0 Å². The van der Waals surface area contributed by atoms with Crippen molar-refractivity contribution in [3.05, 3.63) is 47.3 Å². The standard InChI is InChI=1S/C19H25N5O3S2/c1-2-20-19(21-9-10-23-29(26,27)18-8-5-11-28-18)22-13-14-12-17(25)24-16-7-4-3-6-15(14)16/h3-8,11,14,23H,2,9-10,12-13H2,1H3,(H,24,25)(H2,20,21,22). The topological polar surface area (TPSA) is 112 Å². The van der Waals surface area contributed by atoms with Crippen molar-refractivity contribution in [1.82, 2.24) is 15.4 Å². The number of nitrogens with one attached hydrogen (secondary N) is 4. The molecule has 156 valence electrons. The number of fused-ring (bicyclic) bond motifs is 1. The van der Waals surface area contributed by atoms with Crippen molar-refractivity contribution in [2.75, 3.05) is 31.5 Å². The molecule has 0 spiro atoms. The minimum absolute atomic E-state index is 0.00716. The Kier molecular flexibility index (Phi) is 7.24. The summed E-state index contributed by atoms with van der Waals surface area (Å²) in [5.74, 6) is 0.587. The van der Waals surface area contributed by atoms with Gasteiger partial charge in [-0.2, -0.15) is 0 Å². The summed E-state index contributed by atoms with van der Waals surface area (Å²) in [6, 6.07) is 11.0. The van der Waals surface area contributed by atoms with Gasteiger partial charge in [-0.15, -0.1) is 11.3 Å². The summed E-state index contributed by atoms with van der Waals surface area (Å²) >= 11 is 1.18. The Hall–Kier alpha value is -2.43. The number of hydrogen-bond acceptors (Lipinski definition) is 5. The molecule has 3 rings (SSSR count). The number of aliphatic imine (C=N–C) groups is 1. The number of rotatable bonds is 8. The summed E-state index contributed by atoms with van der Waals surface area (Å²) < 4.78 is 27.1. The number of sulfonamides is 1. The summed E-state index contributed by atoms with van der Waals surface area (Å²) in [6.07, 6.45) is 0.389. The third-order valence-corrected chi connectivity index (χ3v) is 7.25. The number of thiophene rings is 1.